The van der Waals surface area contributed by atoms with Gasteiger partial charge in [0.05, 0.1) is 5.92 Å². The van der Waals surface area contributed by atoms with E-state index in [1.807, 2.05) is 18.2 Å². The summed E-state index contributed by atoms with van der Waals surface area (Å²) in [7, 11) is 0. The summed E-state index contributed by atoms with van der Waals surface area (Å²) in [5.41, 5.74) is 1.22. The van der Waals surface area contributed by atoms with Crippen LogP contribution in [0.5, 0.6) is 0 Å². The molecule has 12 heavy (non-hydrogen) atoms. The number of rotatable bonds is 1. The lowest BCUT2D eigenvalue weighted by Gasteiger charge is -2.03. The lowest BCUT2D eigenvalue weighted by Crippen LogP contribution is -2.00. The number of carbonyl (C=O) groups is 1. The molecule has 0 N–H and O–H groups in total. The highest BCUT2D eigenvalue weighted by atomic mass is 32.2. The molecule has 0 saturated carbocycles. The minimum atomic E-state index is 0.145. The number of fused-ring (bicyclic) bond motifs is 1. The Hall–Kier alpha value is -0.760. The van der Waals surface area contributed by atoms with Gasteiger partial charge in [0.1, 0.15) is 0 Å². The number of thioether (sulfide) groups is 1. The summed E-state index contributed by atoms with van der Waals surface area (Å²) in [5, 5.41) is 0.304. The topological polar surface area (TPSA) is 17.1 Å². The average Bonchev–Trinajstić information content (AvgIpc) is 2.40. The monoisotopic (exact) mass is 178 g/mol. The second-order valence-electron chi connectivity index (χ2n) is 2.92. The first kappa shape index (κ1) is 7.87. The van der Waals surface area contributed by atoms with Crippen LogP contribution in [0.1, 0.15) is 24.8 Å². The van der Waals surface area contributed by atoms with Crippen molar-refractivity contribution in [2.75, 3.05) is 0 Å². The number of carbonyl (C=O) groups excluding carboxylic acids is 1. The molecular formula is C10H10OS. The van der Waals surface area contributed by atoms with Crippen molar-refractivity contribution in [2.45, 2.75) is 24.2 Å². The normalized spacial score (nSPS) is 21.1. The Morgan fingerprint density at radius 3 is 2.92 bits per heavy atom. The fraction of sp³-hybridized carbons (Fsp3) is 0.300. The largest absolute Gasteiger partial charge is 0.286 e. The van der Waals surface area contributed by atoms with Gasteiger partial charge in [-0.25, -0.2) is 0 Å². The van der Waals surface area contributed by atoms with E-state index in [-0.39, 0.29) is 5.92 Å². The van der Waals surface area contributed by atoms with Crippen molar-refractivity contribution < 1.29 is 4.79 Å². The first-order chi connectivity index (χ1) is 5.83. The molecular weight excluding hydrogens is 168 g/mol. The van der Waals surface area contributed by atoms with Crippen molar-refractivity contribution in [3.63, 3.8) is 0 Å². The molecule has 2 rings (SSSR count). The van der Waals surface area contributed by atoms with Gasteiger partial charge in [-0.2, -0.15) is 0 Å². The van der Waals surface area contributed by atoms with Crippen LogP contribution >= 0.6 is 11.8 Å². The Labute approximate surface area is 76.2 Å². The van der Waals surface area contributed by atoms with Crippen LogP contribution < -0.4 is 0 Å². The number of hydrogen-bond acceptors (Lipinski definition) is 2. The average molecular weight is 178 g/mol. The summed E-state index contributed by atoms with van der Waals surface area (Å²) in [4.78, 5) is 12.6. The summed E-state index contributed by atoms with van der Waals surface area (Å²) < 4.78 is 0. The van der Waals surface area contributed by atoms with Gasteiger partial charge in [-0.1, -0.05) is 36.9 Å². The van der Waals surface area contributed by atoms with E-state index in [2.05, 4.69) is 13.0 Å². The van der Waals surface area contributed by atoms with Crippen molar-refractivity contribution in [3.05, 3.63) is 29.8 Å². The third-order valence-electron chi connectivity index (χ3n) is 2.20. The van der Waals surface area contributed by atoms with Gasteiger partial charge in [0.2, 0.25) is 5.12 Å². The minimum absolute atomic E-state index is 0.145. The van der Waals surface area contributed by atoms with Gasteiger partial charge in [0, 0.05) is 4.90 Å². The number of hydrogen-bond donors (Lipinski definition) is 0. The van der Waals surface area contributed by atoms with Gasteiger partial charge in [0.25, 0.3) is 0 Å². The van der Waals surface area contributed by atoms with Crippen LogP contribution in [0.3, 0.4) is 0 Å². The molecule has 2 heteroatoms. The maximum absolute atomic E-state index is 11.4. The highest BCUT2D eigenvalue weighted by molar-refractivity contribution is 8.14. The van der Waals surface area contributed by atoms with Crippen LogP contribution in [0.2, 0.25) is 0 Å². The van der Waals surface area contributed by atoms with Crippen molar-refractivity contribution in [2.24, 2.45) is 0 Å². The van der Waals surface area contributed by atoms with E-state index in [9.17, 15) is 4.79 Å². The van der Waals surface area contributed by atoms with Gasteiger partial charge < -0.3 is 0 Å². The van der Waals surface area contributed by atoms with Gasteiger partial charge in [-0.05, 0) is 18.1 Å². The summed E-state index contributed by atoms with van der Waals surface area (Å²) in [5.74, 6) is 0.145. The zero-order valence-electron chi connectivity index (χ0n) is 6.91. The molecule has 1 aliphatic heterocycles. The van der Waals surface area contributed by atoms with E-state index in [4.69, 9.17) is 0 Å². The Bertz CT molecular complexity index is 319. The van der Waals surface area contributed by atoms with Crippen LogP contribution in [0, 0.1) is 0 Å². The van der Waals surface area contributed by atoms with E-state index in [0.717, 1.165) is 11.3 Å². The predicted octanol–water partition coefficient (Wildman–Crippen LogP) is 2.81. The Morgan fingerprint density at radius 2 is 2.17 bits per heavy atom. The Kier molecular flexibility index (Phi) is 1.93. The molecule has 1 heterocycles. The smallest absolute Gasteiger partial charge is 0.201 e. The highest BCUT2D eigenvalue weighted by Crippen LogP contribution is 2.41. The fourth-order valence-electron chi connectivity index (χ4n) is 1.55. The maximum Gasteiger partial charge on any atom is 0.201 e. The molecule has 0 spiro atoms. The zero-order valence-corrected chi connectivity index (χ0v) is 7.73. The summed E-state index contributed by atoms with van der Waals surface area (Å²) in [6.07, 6.45) is 0.919. The molecule has 1 atom stereocenters. The van der Waals surface area contributed by atoms with Crippen LogP contribution in [-0.4, -0.2) is 5.12 Å². The quantitative estimate of drug-likeness (QED) is 0.657. The molecule has 62 valence electrons. The van der Waals surface area contributed by atoms with Crippen molar-refractivity contribution in [1.82, 2.24) is 0 Å². The number of benzene rings is 1. The standard InChI is InChI=1S/C10H10OS/c1-2-7-8-5-3-4-6-9(8)12-10(7)11/h3-7H,2H2,1H3. The lowest BCUT2D eigenvalue weighted by atomic mass is 9.98. The molecule has 1 aromatic rings. The van der Waals surface area contributed by atoms with Crippen molar-refractivity contribution >= 4 is 16.9 Å². The van der Waals surface area contributed by atoms with Crippen LogP contribution in [0.4, 0.5) is 0 Å². The first-order valence-corrected chi connectivity index (χ1v) is 4.95. The maximum atomic E-state index is 11.4. The third kappa shape index (κ3) is 1.07. The predicted molar refractivity (Wildman–Crippen MR) is 50.3 cm³/mol. The Morgan fingerprint density at radius 1 is 1.42 bits per heavy atom. The van der Waals surface area contributed by atoms with Gasteiger partial charge in [-0.15, -0.1) is 0 Å². The van der Waals surface area contributed by atoms with E-state index in [1.54, 1.807) is 0 Å². The summed E-state index contributed by atoms with van der Waals surface area (Å²) >= 11 is 1.38. The molecule has 1 aliphatic rings. The second kappa shape index (κ2) is 2.94. The molecule has 1 unspecified atom stereocenters. The molecule has 1 aromatic carbocycles. The van der Waals surface area contributed by atoms with Gasteiger partial charge >= 0.3 is 0 Å². The highest BCUT2D eigenvalue weighted by Gasteiger charge is 2.29. The van der Waals surface area contributed by atoms with E-state index in [1.165, 1.54) is 17.3 Å². The second-order valence-corrected chi connectivity index (χ2v) is 3.97. The first-order valence-electron chi connectivity index (χ1n) is 4.13. The molecule has 0 fully saturated rings. The molecule has 0 radical (unpaired) electrons. The molecule has 0 aromatic heterocycles. The van der Waals surface area contributed by atoms with Crippen LogP contribution in [-0.2, 0) is 4.79 Å². The van der Waals surface area contributed by atoms with Crippen molar-refractivity contribution in [1.29, 1.82) is 0 Å². The fourth-order valence-corrected chi connectivity index (χ4v) is 2.68. The van der Waals surface area contributed by atoms with Crippen molar-refractivity contribution in [3.8, 4) is 0 Å². The molecule has 0 amide bonds. The van der Waals surface area contributed by atoms with E-state index in [0.29, 0.717) is 5.12 Å². The van der Waals surface area contributed by atoms with Crippen LogP contribution in [0.25, 0.3) is 0 Å². The van der Waals surface area contributed by atoms with Crippen LogP contribution in [0.15, 0.2) is 29.2 Å². The molecule has 0 saturated heterocycles. The molecule has 0 aliphatic carbocycles. The molecule has 0 bridgehead atoms. The Balaban J connectivity index is 2.47. The zero-order chi connectivity index (χ0) is 8.55. The third-order valence-corrected chi connectivity index (χ3v) is 3.28. The van der Waals surface area contributed by atoms with E-state index >= 15 is 0 Å². The van der Waals surface area contributed by atoms with Gasteiger partial charge in [-0.3, -0.25) is 4.79 Å². The van der Waals surface area contributed by atoms with E-state index < -0.39 is 0 Å². The SMILES string of the molecule is CCC1C(=O)Sc2ccccc21. The summed E-state index contributed by atoms with van der Waals surface area (Å²) in [6, 6.07) is 8.06. The lowest BCUT2D eigenvalue weighted by molar-refractivity contribution is -0.112. The molecule has 1 nitrogen and oxygen atoms in total. The van der Waals surface area contributed by atoms with Gasteiger partial charge in [0.15, 0.2) is 0 Å². The summed E-state index contributed by atoms with van der Waals surface area (Å²) in [6.45, 7) is 2.06. The minimum Gasteiger partial charge on any atom is -0.286 e.